The predicted octanol–water partition coefficient (Wildman–Crippen LogP) is 4.38. The number of fused-ring (bicyclic) bond motifs is 1. The van der Waals surface area contributed by atoms with Gasteiger partial charge in [0.05, 0.1) is 23.3 Å². The van der Waals surface area contributed by atoms with E-state index >= 15 is 0 Å². The molecule has 174 valence electrons. The Morgan fingerprint density at radius 1 is 0.912 bits per heavy atom. The summed E-state index contributed by atoms with van der Waals surface area (Å²) in [5, 5.41) is 0. The van der Waals surface area contributed by atoms with Crippen LogP contribution in [0.2, 0.25) is 0 Å². The molecule has 0 saturated heterocycles. The second-order valence-corrected chi connectivity index (χ2v) is 10.3. The number of rotatable bonds is 5. The Bertz CT molecular complexity index is 1370. The van der Waals surface area contributed by atoms with Gasteiger partial charge in [-0.25, -0.2) is 8.42 Å². The Kier molecular flexibility index (Phi) is 5.87. The van der Waals surface area contributed by atoms with E-state index in [0.717, 1.165) is 17.5 Å². The lowest BCUT2D eigenvalue weighted by Crippen LogP contribution is -2.35. The molecule has 2 heterocycles. The van der Waals surface area contributed by atoms with Gasteiger partial charge in [-0.2, -0.15) is 0 Å². The molecule has 0 saturated carbocycles. The molecule has 2 aliphatic rings. The number of methoxy groups -OCH3 is 1. The fourth-order valence-corrected chi connectivity index (χ4v) is 6.17. The number of hydrogen-bond acceptors (Lipinski definition) is 4. The van der Waals surface area contributed by atoms with Crippen LogP contribution in [0.5, 0.6) is 5.75 Å². The number of nitrogens with zero attached hydrogens (tertiary/aromatic N) is 2. The molecule has 0 aliphatic carbocycles. The maximum absolute atomic E-state index is 13.5. The largest absolute Gasteiger partial charge is 0.496 e. The van der Waals surface area contributed by atoms with Crippen LogP contribution < -0.4 is 9.04 Å². The highest BCUT2D eigenvalue weighted by molar-refractivity contribution is 7.92. The van der Waals surface area contributed by atoms with E-state index in [1.807, 2.05) is 42.5 Å². The summed E-state index contributed by atoms with van der Waals surface area (Å²) in [4.78, 5) is 15.2. The van der Waals surface area contributed by atoms with E-state index in [1.165, 1.54) is 29.1 Å². The van der Waals surface area contributed by atoms with Crippen LogP contribution >= 0.6 is 0 Å². The minimum Gasteiger partial charge on any atom is -0.496 e. The number of anilines is 1. The average Bonchev–Trinajstić information content (AvgIpc) is 3.34. The van der Waals surface area contributed by atoms with E-state index in [2.05, 4.69) is 18.2 Å². The summed E-state index contributed by atoms with van der Waals surface area (Å²) in [7, 11) is -2.33. The number of carbonyl (C=O) groups excluding carboxylic acids is 1. The minimum atomic E-state index is -3.81. The zero-order valence-electron chi connectivity index (χ0n) is 19.0. The zero-order valence-corrected chi connectivity index (χ0v) is 19.8. The van der Waals surface area contributed by atoms with Gasteiger partial charge in [0, 0.05) is 19.6 Å². The summed E-state index contributed by atoms with van der Waals surface area (Å²) < 4.78 is 33.8. The Balaban J connectivity index is 1.43. The van der Waals surface area contributed by atoms with Crippen LogP contribution in [-0.2, 0) is 16.4 Å². The lowest BCUT2D eigenvalue weighted by molar-refractivity contribution is 0.0769. The predicted molar refractivity (Wildman–Crippen MR) is 133 cm³/mol. The van der Waals surface area contributed by atoms with Gasteiger partial charge in [0.1, 0.15) is 5.75 Å². The first-order valence-corrected chi connectivity index (χ1v) is 12.8. The quantitative estimate of drug-likeness (QED) is 0.551. The number of sulfonamides is 1. The van der Waals surface area contributed by atoms with Crippen molar-refractivity contribution in [2.75, 3.05) is 31.0 Å². The molecule has 3 aromatic carbocycles. The second kappa shape index (κ2) is 8.99. The van der Waals surface area contributed by atoms with E-state index in [4.69, 9.17) is 4.74 Å². The van der Waals surface area contributed by atoms with E-state index in [-0.39, 0.29) is 16.4 Å². The van der Waals surface area contributed by atoms with Crippen LogP contribution in [0.15, 0.2) is 83.8 Å². The van der Waals surface area contributed by atoms with Gasteiger partial charge in [0.15, 0.2) is 0 Å². The minimum absolute atomic E-state index is 0.0888. The van der Waals surface area contributed by atoms with Crippen molar-refractivity contribution in [3.05, 3.63) is 95.6 Å². The average molecular weight is 475 g/mol. The molecule has 34 heavy (non-hydrogen) atoms. The molecule has 0 unspecified atom stereocenters. The summed E-state index contributed by atoms with van der Waals surface area (Å²) in [5.74, 6) is 0.127. The smallest absolute Gasteiger partial charge is 0.264 e. The number of amides is 1. The summed E-state index contributed by atoms with van der Waals surface area (Å²) in [6.45, 7) is 1.40. The number of benzene rings is 3. The molecular weight excluding hydrogens is 448 g/mol. The van der Waals surface area contributed by atoms with Crippen molar-refractivity contribution in [3.63, 3.8) is 0 Å². The monoisotopic (exact) mass is 474 g/mol. The fraction of sp³-hybridized carbons (Fsp3) is 0.222. The maximum Gasteiger partial charge on any atom is 0.264 e. The molecule has 0 aromatic heterocycles. The number of para-hydroxylation sites is 1. The Morgan fingerprint density at radius 3 is 2.41 bits per heavy atom. The Labute approximate surface area is 200 Å². The first-order chi connectivity index (χ1) is 16.5. The van der Waals surface area contributed by atoms with Crippen molar-refractivity contribution >= 4 is 27.2 Å². The first-order valence-electron chi connectivity index (χ1n) is 11.3. The molecule has 0 fully saturated rings. The van der Waals surface area contributed by atoms with Gasteiger partial charge in [-0.15, -0.1) is 0 Å². The third kappa shape index (κ3) is 3.96. The van der Waals surface area contributed by atoms with Crippen molar-refractivity contribution < 1.29 is 17.9 Å². The molecule has 0 atom stereocenters. The van der Waals surface area contributed by atoms with E-state index in [9.17, 15) is 13.2 Å². The molecule has 5 rings (SSSR count). The topological polar surface area (TPSA) is 66.9 Å². The highest BCUT2D eigenvalue weighted by Crippen LogP contribution is 2.34. The van der Waals surface area contributed by atoms with Gasteiger partial charge in [0.2, 0.25) is 0 Å². The first kappa shape index (κ1) is 22.2. The number of ether oxygens (including phenoxy) is 1. The summed E-state index contributed by atoms with van der Waals surface area (Å²) in [5.41, 5.74) is 4.32. The van der Waals surface area contributed by atoms with Crippen molar-refractivity contribution in [2.24, 2.45) is 0 Å². The molecular formula is C27H26N2O4S. The Morgan fingerprint density at radius 2 is 1.68 bits per heavy atom. The third-order valence-electron chi connectivity index (χ3n) is 6.47. The molecule has 7 heteroatoms. The summed E-state index contributed by atoms with van der Waals surface area (Å²) in [6.07, 6.45) is 3.47. The van der Waals surface area contributed by atoms with Crippen LogP contribution in [0, 0.1) is 0 Å². The number of hydrogen-bond donors (Lipinski definition) is 0. The van der Waals surface area contributed by atoms with Crippen molar-refractivity contribution in [1.82, 2.24) is 4.90 Å². The summed E-state index contributed by atoms with van der Waals surface area (Å²) in [6, 6.07) is 22.2. The highest BCUT2D eigenvalue weighted by atomic mass is 32.2. The number of carbonyl (C=O) groups is 1. The maximum atomic E-state index is 13.5. The molecule has 0 N–H and O–H groups in total. The molecule has 3 aromatic rings. The van der Waals surface area contributed by atoms with E-state index in [0.29, 0.717) is 37.5 Å². The van der Waals surface area contributed by atoms with Crippen LogP contribution in [0.25, 0.3) is 5.57 Å². The molecule has 0 radical (unpaired) electrons. The van der Waals surface area contributed by atoms with Gasteiger partial charge in [-0.1, -0.05) is 54.6 Å². The molecule has 6 nitrogen and oxygen atoms in total. The third-order valence-corrected chi connectivity index (χ3v) is 8.28. The lowest BCUT2D eigenvalue weighted by Gasteiger charge is -2.27. The zero-order chi connectivity index (χ0) is 23.7. The fourth-order valence-electron chi connectivity index (χ4n) is 4.64. The standard InChI is InChI=1S/C27H26N2O4S/c1-33-26-12-11-23(34(31,32)29-18-15-22-9-5-6-10-25(22)29)19-24(26)27(30)28-16-13-21(14-17-28)20-7-3-2-4-8-20/h2-13,19H,14-18H2,1H3. The molecule has 1 amide bonds. The van der Waals surface area contributed by atoms with Gasteiger partial charge in [-0.3, -0.25) is 9.10 Å². The SMILES string of the molecule is COc1ccc(S(=O)(=O)N2CCc3ccccc32)cc1C(=O)N1CC=C(c2ccccc2)CC1. The van der Waals surface area contributed by atoms with E-state index < -0.39 is 10.0 Å². The van der Waals surface area contributed by atoms with Crippen LogP contribution in [0.3, 0.4) is 0 Å². The van der Waals surface area contributed by atoms with Gasteiger partial charge >= 0.3 is 0 Å². The molecule has 0 spiro atoms. The van der Waals surface area contributed by atoms with E-state index in [1.54, 1.807) is 11.0 Å². The molecule has 0 bridgehead atoms. The van der Waals surface area contributed by atoms with Crippen LogP contribution in [0.4, 0.5) is 5.69 Å². The van der Waals surface area contributed by atoms with Crippen molar-refractivity contribution in [2.45, 2.75) is 17.7 Å². The lowest BCUT2D eigenvalue weighted by atomic mass is 9.99. The van der Waals surface area contributed by atoms with Gasteiger partial charge < -0.3 is 9.64 Å². The van der Waals surface area contributed by atoms with Crippen LogP contribution in [0.1, 0.15) is 27.9 Å². The van der Waals surface area contributed by atoms with Gasteiger partial charge in [0.25, 0.3) is 15.9 Å². The summed E-state index contributed by atoms with van der Waals surface area (Å²) >= 11 is 0. The molecule has 2 aliphatic heterocycles. The van der Waals surface area contributed by atoms with Crippen molar-refractivity contribution in [1.29, 1.82) is 0 Å². The van der Waals surface area contributed by atoms with Gasteiger partial charge in [-0.05, 0) is 53.8 Å². The highest BCUT2D eigenvalue weighted by Gasteiger charge is 2.32. The Hall–Kier alpha value is -3.58. The van der Waals surface area contributed by atoms with Crippen LogP contribution in [-0.4, -0.2) is 46.0 Å². The second-order valence-electron chi connectivity index (χ2n) is 8.41. The normalized spacial score (nSPS) is 15.6. The van der Waals surface area contributed by atoms with Crippen molar-refractivity contribution in [3.8, 4) is 5.75 Å².